The molecule has 0 saturated heterocycles. The van der Waals surface area contributed by atoms with Crippen molar-refractivity contribution in [1.29, 1.82) is 0 Å². The summed E-state index contributed by atoms with van der Waals surface area (Å²) in [5.74, 6) is 0.241. The van der Waals surface area contributed by atoms with Crippen LogP contribution >= 0.6 is 35.1 Å². The van der Waals surface area contributed by atoms with Crippen LogP contribution in [0.5, 0.6) is 0 Å². The molecule has 2 saturated carbocycles. The minimum absolute atomic E-state index is 0.0990. The number of nitrogens with one attached hydrogen (secondary N) is 2. The van der Waals surface area contributed by atoms with Gasteiger partial charge in [0, 0.05) is 37.8 Å². The molecule has 212 valence electrons. The highest BCUT2D eigenvalue weighted by Gasteiger charge is 2.52. The minimum atomic E-state index is -4.44. The number of nitrogens with zero attached hydrogens (tertiary/aromatic N) is 2. The van der Waals surface area contributed by atoms with Crippen molar-refractivity contribution in [2.45, 2.75) is 54.6 Å². The lowest BCUT2D eigenvalue weighted by Gasteiger charge is -2.17. The molecule has 2 aliphatic rings. The number of hydrogen-bond donors (Lipinski definition) is 2. The second-order valence-corrected chi connectivity index (χ2v) is 12.0. The van der Waals surface area contributed by atoms with Crippen LogP contribution in [0.4, 0.5) is 18.9 Å². The Morgan fingerprint density at radius 1 is 1.02 bits per heavy atom. The molecule has 2 fully saturated rings. The molecule has 2 aliphatic carbocycles. The third-order valence-electron chi connectivity index (χ3n) is 7.08. The maximum atomic E-state index is 12.9. The van der Waals surface area contributed by atoms with Gasteiger partial charge < -0.3 is 9.84 Å². The second kappa shape index (κ2) is 11.0. The first-order valence-electron chi connectivity index (χ1n) is 12.9. The molecule has 0 radical (unpaired) electrons. The molecule has 0 unspecified atom stereocenters. The Morgan fingerprint density at radius 3 is 2.27 bits per heavy atom. The maximum absolute atomic E-state index is 12.9. The van der Waals surface area contributed by atoms with E-state index in [1.165, 1.54) is 25.0 Å². The number of rotatable bonds is 9. The molecule has 0 bridgehead atoms. The third-order valence-corrected chi connectivity index (χ3v) is 8.63. The lowest BCUT2D eigenvalue weighted by atomic mass is 9.94. The van der Waals surface area contributed by atoms with Gasteiger partial charge in [-0.3, -0.25) is 9.52 Å². The molecule has 2 N–H and O–H groups in total. The Bertz CT molecular complexity index is 1560. The van der Waals surface area contributed by atoms with Crippen LogP contribution in [0.3, 0.4) is 0 Å². The molecule has 4 aromatic rings. The number of anilines is 1. The van der Waals surface area contributed by atoms with E-state index in [4.69, 9.17) is 27.7 Å². The number of halogens is 5. The summed E-state index contributed by atoms with van der Waals surface area (Å²) in [7, 11) is 0. The van der Waals surface area contributed by atoms with Crippen molar-refractivity contribution in [3.63, 3.8) is 0 Å². The quantitative estimate of drug-likeness (QED) is 0.185. The van der Waals surface area contributed by atoms with Gasteiger partial charge in [-0.25, -0.2) is 0 Å². The number of carbonyl (C=O) groups is 1. The van der Waals surface area contributed by atoms with Gasteiger partial charge in [0.1, 0.15) is 0 Å². The van der Waals surface area contributed by atoms with Crippen LogP contribution in [0, 0.1) is 0 Å². The third kappa shape index (κ3) is 6.25. The number of aromatic nitrogens is 2. The molecule has 0 spiro atoms. The fourth-order valence-corrected chi connectivity index (χ4v) is 6.23. The zero-order valence-electron chi connectivity index (χ0n) is 21.4. The van der Waals surface area contributed by atoms with Crippen molar-refractivity contribution in [3.05, 3.63) is 93.2 Å². The predicted octanol–water partition coefficient (Wildman–Crippen LogP) is 8.08. The van der Waals surface area contributed by atoms with Gasteiger partial charge >= 0.3 is 6.18 Å². The van der Waals surface area contributed by atoms with E-state index in [0.29, 0.717) is 51.6 Å². The fraction of sp³-hybridized carbons (Fsp3) is 0.276. The largest absolute Gasteiger partial charge is 0.416 e. The monoisotopic (exact) mass is 618 g/mol. The zero-order valence-corrected chi connectivity index (χ0v) is 23.7. The summed E-state index contributed by atoms with van der Waals surface area (Å²) in [6.07, 6.45) is -0.496. The van der Waals surface area contributed by atoms with Crippen LogP contribution in [0.25, 0.3) is 11.5 Å². The number of hydrogen-bond acceptors (Lipinski definition) is 6. The lowest BCUT2D eigenvalue weighted by molar-refractivity contribution is -0.137. The summed E-state index contributed by atoms with van der Waals surface area (Å²) < 4.78 is 47.5. The molecule has 6 rings (SSSR count). The lowest BCUT2D eigenvalue weighted by Crippen LogP contribution is -2.16. The van der Waals surface area contributed by atoms with Crippen molar-refractivity contribution >= 4 is 46.7 Å². The Balaban J connectivity index is 1.14. The van der Waals surface area contributed by atoms with E-state index in [2.05, 4.69) is 20.2 Å². The van der Waals surface area contributed by atoms with Crippen LogP contribution in [0.1, 0.15) is 48.2 Å². The highest BCUT2D eigenvalue weighted by molar-refractivity contribution is 7.97. The van der Waals surface area contributed by atoms with Crippen LogP contribution < -0.4 is 10.0 Å². The highest BCUT2D eigenvalue weighted by atomic mass is 35.5. The highest BCUT2D eigenvalue weighted by Crippen LogP contribution is 2.57. The van der Waals surface area contributed by atoms with Crippen molar-refractivity contribution in [3.8, 4) is 11.5 Å². The molecule has 1 amide bonds. The Labute approximate surface area is 248 Å². The van der Waals surface area contributed by atoms with Crippen LogP contribution in [0.15, 0.2) is 70.1 Å². The van der Waals surface area contributed by atoms with Gasteiger partial charge in [0.25, 0.3) is 5.89 Å². The van der Waals surface area contributed by atoms with Gasteiger partial charge in [0.15, 0.2) is 5.82 Å². The molecule has 6 nitrogen and oxygen atoms in total. The zero-order chi connectivity index (χ0) is 28.8. The normalized spacial score (nSPS) is 16.0. The summed E-state index contributed by atoms with van der Waals surface area (Å²) >= 11 is 14.9. The summed E-state index contributed by atoms with van der Waals surface area (Å²) in [6, 6.07) is 16.2. The topological polar surface area (TPSA) is 80.0 Å². The van der Waals surface area contributed by atoms with Crippen molar-refractivity contribution in [2.75, 3.05) is 5.32 Å². The van der Waals surface area contributed by atoms with Crippen LogP contribution in [-0.4, -0.2) is 22.1 Å². The molecule has 0 aliphatic heterocycles. The smallest absolute Gasteiger partial charge is 0.334 e. The summed E-state index contributed by atoms with van der Waals surface area (Å²) in [5, 5.41) is 7.65. The first-order chi connectivity index (χ1) is 19.6. The van der Waals surface area contributed by atoms with Crippen molar-refractivity contribution < 1.29 is 22.5 Å². The van der Waals surface area contributed by atoms with Gasteiger partial charge in [-0.2, -0.15) is 18.2 Å². The minimum Gasteiger partial charge on any atom is -0.334 e. The molecule has 3 aromatic carbocycles. The Kier molecular flexibility index (Phi) is 7.52. The SMILES string of the molecule is O=C(Cc1ccc(SNC2CC2)cc1)Nc1cc(Cl)c(C2(c3noc(-c4ccc(C(F)(F)F)cc4)n3)CC2)c(Cl)c1. The molecular formula is C29H23Cl2F3N4O2S. The van der Waals surface area contributed by atoms with Gasteiger partial charge in [0.05, 0.1) is 17.4 Å². The van der Waals surface area contributed by atoms with Crippen molar-refractivity contribution in [1.82, 2.24) is 14.9 Å². The average molecular weight is 619 g/mol. The second-order valence-electron chi connectivity index (χ2n) is 10.3. The number of amides is 1. The predicted molar refractivity (Wildman–Crippen MR) is 152 cm³/mol. The van der Waals surface area contributed by atoms with Gasteiger partial charge in [-0.1, -0.05) is 40.5 Å². The van der Waals surface area contributed by atoms with E-state index >= 15 is 0 Å². The molecule has 1 aromatic heterocycles. The number of benzene rings is 3. The number of alkyl halides is 3. The first kappa shape index (κ1) is 28.1. The Hall–Kier alpha value is -3.05. The van der Waals surface area contributed by atoms with Crippen LogP contribution in [-0.2, 0) is 22.8 Å². The Morgan fingerprint density at radius 2 is 1.68 bits per heavy atom. The van der Waals surface area contributed by atoms with E-state index in [9.17, 15) is 18.0 Å². The van der Waals surface area contributed by atoms with E-state index in [0.717, 1.165) is 22.6 Å². The van der Waals surface area contributed by atoms with E-state index in [1.54, 1.807) is 24.1 Å². The fourth-order valence-electron chi connectivity index (χ4n) is 4.57. The van der Waals surface area contributed by atoms with Gasteiger partial charge in [-0.05, 0) is 91.7 Å². The summed E-state index contributed by atoms with van der Waals surface area (Å²) in [4.78, 5) is 18.3. The van der Waals surface area contributed by atoms with Crippen molar-refractivity contribution in [2.24, 2.45) is 0 Å². The summed E-state index contributed by atoms with van der Waals surface area (Å²) in [5.41, 5.74) is 0.879. The average Bonchev–Trinajstić information content (AvgIpc) is 3.86. The number of carbonyl (C=O) groups excluding carboxylic acids is 1. The molecule has 0 atom stereocenters. The van der Waals surface area contributed by atoms with E-state index in [1.807, 2.05) is 24.3 Å². The maximum Gasteiger partial charge on any atom is 0.416 e. The molecule has 1 heterocycles. The molecular weight excluding hydrogens is 596 g/mol. The van der Waals surface area contributed by atoms with E-state index in [-0.39, 0.29) is 18.2 Å². The molecule has 12 heteroatoms. The molecule has 41 heavy (non-hydrogen) atoms. The standard InChI is InChI=1S/C29H23Cl2F3N4O2S/c30-22-14-20(35-24(39)13-16-1-9-21(10-2-16)41-38-19-7-8-19)15-23(31)25(22)28(11-12-28)27-36-26(40-37-27)17-3-5-18(6-4-17)29(32,33)34/h1-6,9-10,14-15,19,38H,7-8,11-13H2,(H,35,39). The van der Waals surface area contributed by atoms with Crippen LogP contribution in [0.2, 0.25) is 10.0 Å². The van der Waals surface area contributed by atoms with Gasteiger partial charge in [-0.15, -0.1) is 0 Å². The van der Waals surface area contributed by atoms with E-state index < -0.39 is 17.2 Å². The first-order valence-corrected chi connectivity index (χ1v) is 14.5. The summed E-state index contributed by atoms with van der Waals surface area (Å²) in [6.45, 7) is 0. The van der Waals surface area contributed by atoms with Gasteiger partial charge in [0.2, 0.25) is 5.91 Å².